The maximum atomic E-state index is 10.9. The molecule has 0 bridgehead atoms. The van der Waals surface area contributed by atoms with E-state index in [4.69, 9.17) is 9.47 Å². The monoisotopic (exact) mass is 242 g/mol. The van der Waals surface area contributed by atoms with Crippen LogP contribution in [0.2, 0.25) is 0 Å². The first-order valence-corrected chi connectivity index (χ1v) is 6.04. The van der Waals surface area contributed by atoms with Crippen LogP contribution in [0.4, 0.5) is 0 Å². The van der Waals surface area contributed by atoms with Crippen molar-refractivity contribution in [1.82, 2.24) is 0 Å². The zero-order chi connectivity index (χ0) is 13.3. The van der Waals surface area contributed by atoms with Crippen molar-refractivity contribution in [2.45, 2.75) is 59.7 Å². The quantitative estimate of drug-likeness (QED) is 0.298. The van der Waals surface area contributed by atoms with Crippen LogP contribution in [0.25, 0.3) is 0 Å². The molecule has 98 valence electrons. The fraction of sp³-hybridized carbons (Fsp3) is 0.692. The Bertz CT molecular complexity index is 265. The zero-order valence-electron chi connectivity index (χ0n) is 11.1. The summed E-state index contributed by atoms with van der Waals surface area (Å²) in [7, 11) is 0. The molecule has 0 aromatic heterocycles. The van der Waals surface area contributed by atoms with Gasteiger partial charge in [0, 0.05) is 19.4 Å². The van der Waals surface area contributed by atoms with Gasteiger partial charge >= 0.3 is 11.9 Å². The smallest absolute Gasteiger partial charge is 0.305 e. The van der Waals surface area contributed by atoms with E-state index in [1.165, 1.54) is 13.8 Å². The molecule has 17 heavy (non-hydrogen) atoms. The van der Waals surface area contributed by atoms with Crippen molar-refractivity contribution < 1.29 is 19.1 Å². The molecule has 0 spiro atoms. The lowest BCUT2D eigenvalue weighted by atomic mass is 10.1. The van der Waals surface area contributed by atoms with Crippen molar-refractivity contribution in [3.63, 3.8) is 0 Å². The predicted octanol–water partition coefficient (Wildman–Crippen LogP) is 2.97. The van der Waals surface area contributed by atoms with Crippen molar-refractivity contribution >= 4 is 11.9 Å². The maximum Gasteiger partial charge on any atom is 0.305 e. The van der Waals surface area contributed by atoms with E-state index in [0.29, 0.717) is 6.42 Å². The van der Waals surface area contributed by atoms with E-state index >= 15 is 0 Å². The summed E-state index contributed by atoms with van der Waals surface area (Å²) in [4.78, 5) is 21.9. The van der Waals surface area contributed by atoms with E-state index < -0.39 is 18.2 Å². The van der Waals surface area contributed by atoms with Crippen LogP contribution < -0.4 is 0 Å². The number of carbonyl (C=O) groups excluding carboxylic acids is 2. The lowest BCUT2D eigenvalue weighted by Gasteiger charge is -2.19. The molecule has 4 nitrogen and oxygen atoms in total. The molecule has 0 atom stereocenters. The van der Waals surface area contributed by atoms with Gasteiger partial charge in [0.1, 0.15) is 0 Å². The first-order valence-electron chi connectivity index (χ1n) is 6.04. The highest BCUT2D eigenvalue weighted by molar-refractivity contribution is 5.68. The Kier molecular flexibility index (Phi) is 8.11. The second kappa shape index (κ2) is 8.79. The summed E-state index contributed by atoms with van der Waals surface area (Å²) < 4.78 is 9.99. The number of esters is 2. The molecule has 0 radical (unpaired) electrons. The third-order valence-corrected chi connectivity index (χ3v) is 2.22. The van der Waals surface area contributed by atoms with E-state index in [1.807, 2.05) is 13.0 Å². The number of rotatable bonds is 7. The van der Waals surface area contributed by atoms with Crippen molar-refractivity contribution in [2.75, 3.05) is 0 Å². The average molecular weight is 242 g/mol. The van der Waals surface area contributed by atoms with Gasteiger partial charge in [0.15, 0.2) is 0 Å². The third kappa shape index (κ3) is 7.55. The summed E-state index contributed by atoms with van der Waals surface area (Å²) in [6.07, 6.45) is 4.87. The van der Waals surface area contributed by atoms with Gasteiger partial charge < -0.3 is 9.47 Å². The second-order valence-corrected chi connectivity index (χ2v) is 3.83. The van der Waals surface area contributed by atoms with Gasteiger partial charge in [-0.2, -0.15) is 0 Å². The third-order valence-electron chi connectivity index (χ3n) is 2.22. The minimum Gasteiger partial charge on any atom is -0.421 e. The van der Waals surface area contributed by atoms with Crippen molar-refractivity contribution in [1.29, 1.82) is 0 Å². The van der Waals surface area contributed by atoms with Crippen molar-refractivity contribution in [2.24, 2.45) is 0 Å². The van der Waals surface area contributed by atoms with Crippen LogP contribution in [0.5, 0.6) is 0 Å². The molecule has 0 N–H and O–H groups in total. The van der Waals surface area contributed by atoms with Crippen LogP contribution in [0, 0.1) is 0 Å². The van der Waals surface area contributed by atoms with Crippen LogP contribution in [-0.4, -0.2) is 18.2 Å². The summed E-state index contributed by atoms with van der Waals surface area (Å²) in [5.41, 5.74) is 0.837. The first-order chi connectivity index (χ1) is 8.01. The van der Waals surface area contributed by atoms with Crippen LogP contribution in [0.1, 0.15) is 53.4 Å². The van der Waals surface area contributed by atoms with Crippen LogP contribution >= 0.6 is 0 Å². The lowest BCUT2D eigenvalue weighted by Crippen LogP contribution is -2.24. The molecule has 0 saturated heterocycles. The fourth-order valence-electron chi connectivity index (χ4n) is 1.38. The van der Waals surface area contributed by atoms with Crippen molar-refractivity contribution in [3.05, 3.63) is 11.6 Å². The average Bonchev–Trinajstić information content (AvgIpc) is 2.22. The molecule has 0 rings (SSSR count). The highest BCUT2D eigenvalue weighted by Gasteiger charge is 2.18. The fourth-order valence-corrected chi connectivity index (χ4v) is 1.38. The van der Waals surface area contributed by atoms with Crippen molar-refractivity contribution in [3.8, 4) is 0 Å². The Balaban J connectivity index is 4.64. The Morgan fingerprint density at radius 3 is 2.00 bits per heavy atom. The molecule has 0 saturated carbocycles. The van der Waals surface area contributed by atoms with E-state index in [1.54, 1.807) is 0 Å². The molecule has 0 aliphatic rings. The molecular formula is C13H22O4. The van der Waals surface area contributed by atoms with Crippen LogP contribution in [0.3, 0.4) is 0 Å². The maximum absolute atomic E-state index is 10.9. The minimum absolute atomic E-state index is 0.453. The zero-order valence-corrected chi connectivity index (χ0v) is 11.1. The molecule has 0 unspecified atom stereocenters. The van der Waals surface area contributed by atoms with Gasteiger partial charge in [-0.25, -0.2) is 0 Å². The van der Waals surface area contributed by atoms with E-state index in [9.17, 15) is 9.59 Å². The summed E-state index contributed by atoms with van der Waals surface area (Å²) in [6.45, 7) is 6.65. The topological polar surface area (TPSA) is 52.6 Å². The van der Waals surface area contributed by atoms with Gasteiger partial charge in [-0.3, -0.25) is 9.59 Å². The summed E-state index contributed by atoms with van der Waals surface area (Å²) in [6, 6.07) is 0. The molecule has 0 aliphatic heterocycles. The molecule has 0 aliphatic carbocycles. The number of ether oxygens (including phenoxy) is 2. The molecule has 0 aromatic rings. The molecule has 4 heteroatoms. The standard InChI is InChI=1S/C13H22O4/c1-5-7-8-9-12(6-2)13(16-10(3)14)17-11(4)15/h9,13H,5-8H2,1-4H3. The molecule has 0 heterocycles. The van der Waals surface area contributed by atoms with Crippen LogP contribution in [-0.2, 0) is 19.1 Å². The molecule has 0 aromatic carbocycles. The van der Waals surface area contributed by atoms with E-state index in [0.717, 1.165) is 24.8 Å². The van der Waals surface area contributed by atoms with Gasteiger partial charge in [0.2, 0.25) is 0 Å². The highest BCUT2D eigenvalue weighted by atomic mass is 16.7. The molecule has 0 amide bonds. The SMILES string of the molecule is CCCCC=C(CC)C(OC(C)=O)OC(C)=O. The summed E-state index contributed by atoms with van der Waals surface area (Å²) >= 11 is 0. The predicted molar refractivity (Wildman–Crippen MR) is 65.2 cm³/mol. The first kappa shape index (κ1) is 15.7. The lowest BCUT2D eigenvalue weighted by molar-refractivity contribution is -0.178. The highest BCUT2D eigenvalue weighted by Crippen LogP contribution is 2.15. The molecular weight excluding hydrogens is 220 g/mol. The Labute approximate surface area is 103 Å². The number of hydrogen-bond acceptors (Lipinski definition) is 4. The van der Waals surface area contributed by atoms with Gasteiger partial charge in [-0.05, 0) is 12.8 Å². The van der Waals surface area contributed by atoms with Gasteiger partial charge in [-0.1, -0.05) is 32.8 Å². The Hall–Kier alpha value is -1.32. The number of unbranched alkanes of at least 4 members (excludes halogenated alkanes) is 2. The second-order valence-electron chi connectivity index (χ2n) is 3.83. The van der Waals surface area contributed by atoms with Crippen LogP contribution in [0.15, 0.2) is 11.6 Å². The van der Waals surface area contributed by atoms with Gasteiger partial charge in [0.25, 0.3) is 6.29 Å². The Morgan fingerprint density at radius 1 is 1.12 bits per heavy atom. The van der Waals surface area contributed by atoms with E-state index in [2.05, 4.69) is 6.92 Å². The Morgan fingerprint density at radius 2 is 1.65 bits per heavy atom. The number of carbonyl (C=O) groups is 2. The van der Waals surface area contributed by atoms with Gasteiger partial charge in [0.05, 0.1) is 0 Å². The number of hydrogen-bond donors (Lipinski definition) is 0. The normalized spacial score (nSPS) is 11.5. The van der Waals surface area contributed by atoms with E-state index in [-0.39, 0.29) is 0 Å². The summed E-state index contributed by atoms with van der Waals surface area (Å²) in [5.74, 6) is -0.905. The largest absolute Gasteiger partial charge is 0.421 e. The van der Waals surface area contributed by atoms with Gasteiger partial charge in [-0.15, -0.1) is 0 Å². The minimum atomic E-state index is -0.869. The number of allylic oxidation sites excluding steroid dienone is 1. The molecule has 0 fully saturated rings. The summed E-state index contributed by atoms with van der Waals surface area (Å²) in [5, 5.41) is 0.